The number of fused-ring (bicyclic) bond motifs is 7. The molecule has 0 amide bonds. The van der Waals surface area contributed by atoms with Crippen LogP contribution in [0.2, 0.25) is 0 Å². The number of esters is 1. The number of hydrogen-bond acceptors (Lipinski definition) is 8. The van der Waals surface area contributed by atoms with Crippen molar-refractivity contribution in [1.29, 1.82) is 0 Å². The fourth-order valence-corrected chi connectivity index (χ4v) is 13.4. The van der Waals surface area contributed by atoms with Crippen molar-refractivity contribution in [3.8, 4) is 23.0 Å². The molecule has 0 bridgehead atoms. The minimum absolute atomic E-state index is 0.00122. The maximum atomic E-state index is 14.9. The third-order valence-corrected chi connectivity index (χ3v) is 17.2. The Hall–Kier alpha value is -4.17. The molecule has 8 nitrogen and oxygen atoms in total. The van der Waals surface area contributed by atoms with Crippen LogP contribution in [0.3, 0.4) is 0 Å². The van der Waals surface area contributed by atoms with E-state index in [2.05, 4.69) is 54.5 Å². The molecular weight excluding hydrogens is 741 g/mol. The molecular formula is C51H66O8. The van der Waals surface area contributed by atoms with Crippen molar-refractivity contribution >= 4 is 29.7 Å². The summed E-state index contributed by atoms with van der Waals surface area (Å²) in [6, 6.07) is 10.0. The first-order valence-corrected chi connectivity index (χ1v) is 21.9. The van der Waals surface area contributed by atoms with E-state index in [1.165, 1.54) is 30.9 Å². The normalized spacial score (nSPS) is 36.1. The number of phenols is 1. The Kier molecular flexibility index (Phi) is 11.4. The maximum absolute atomic E-state index is 14.9. The summed E-state index contributed by atoms with van der Waals surface area (Å²) in [6.45, 7) is 17.0. The predicted molar refractivity (Wildman–Crippen MR) is 231 cm³/mol. The van der Waals surface area contributed by atoms with Gasteiger partial charge in [0.25, 0.3) is 0 Å². The van der Waals surface area contributed by atoms with Crippen LogP contribution in [0.25, 0.3) is 12.2 Å². The summed E-state index contributed by atoms with van der Waals surface area (Å²) < 4.78 is 17.3. The number of benzene rings is 2. The molecule has 0 saturated heterocycles. The van der Waals surface area contributed by atoms with E-state index < -0.39 is 5.41 Å². The average molecular weight is 807 g/mol. The number of ether oxygens (including phenoxy) is 3. The zero-order chi connectivity index (χ0) is 42.7. The molecule has 2 unspecified atom stereocenters. The highest BCUT2D eigenvalue weighted by Crippen LogP contribution is 2.76. The number of aliphatic hydroxyl groups is 1. The third kappa shape index (κ3) is 7.09. The quantitative estimate of drug-likeness (QED) is 0.0801. The molecule has 59 heavy (non-hydrogen) atoms. The van der Waals surface area contributed by atoms with Gasteiger partial charge in [0.05, 0.1) is 32.2 Å². The Morgan fingerprint density at radius 2 is 1.41 bits per heavy atom. The van der Waals surface area contributed by atoms with E-state index in [0.717, 1.165) is 57.8 Å². The van der Waals surface area contributed by atoms with Crippen LogP contribution in [0, 0.1) is 56.7 Å². The number of phenolic OH excluding ortho intramolecular Hbond substituents is 1. The standard InChI is InChI=1S/C51H66O8/c1-31-20-25-51(27-26-49(6)37(45(51)32(31)2)16-19-43-48(5)23-22-44(55)47(3,4)42(48)21-24-50(43,49)7)46(56)59-39-18-13-34(29-41(39)58-9)11-15-36(53)30-35(52)14-10-33-12-17-38(54)40(28-33)57-8/h10-18,28-29,31-32,42-45,54-55H,19-27,30H2,1-9H3/t31-,32+,42?,43?,44+,45+,48+,49-,50-,51+/m1/s1. The summed E-state index contributed by atoms with van der Waals surface area (Å²) in [5.74, 6) is 2.08. The van der Waals surface area contributed by atoms with Gasteiger partial charge >= 0.3 is 5.97 Å². The molecule has 0 spiro atoms. The molecule has 10 atom stereocenters. The molecule has 0 radical (unpaired) electrons. The SMILES string of the molecule is COc1cc(C=CC(=O)CC(=O)C=Cc2ccc(OC(=O)[C@]34CC[C@@H](C)[C@H](C)[C@H]3C3=CCC5[C@@]6(C)CC[C@H](O)C(C)(C)C6CC[C@@]5(C)[C@]3(C)CC4)c(OC)c2)ccc1O. The van der Waals surface area contributed by atoms with Gasteiger partial charge in [0.2, 0.25) is 0 Å². The molecule has 0 aromatic heterocycles. The van der Waals surface area contributed by atoms with Gasteiger partial charge in [-0.05, 0) is 157 Å². The Labute approximate surface area is 351 Å². The average Bonchev–Trinajstić information content (AvgIpc) is 3.20. The van der Waals surface area contributed by atoms with Crippen molar-refractivity contribution in [3.63, 3.8) is 0 Å². The smallest absolute Gasteiger partial charge is 0.318 e. The van der Waals surface area contributed by atoms with Crippen LogP contribution in [0.1, 0.15) is 124 Å². The third-order valence-electron chi connectivity index (χ3n) is 17.2. The molecule has 2 N–H and O–H groups in total. The minimum atomic E-state index is -0.635. The molecule has 0 aliphatic heterocycles. The number of carbonyl (C=O) groups is 3. The van der Waals surface area contributed by atoms with Crippen molar-refractivity contribution in [3.05, 3.63) is 71.3 Å². The highest BCUT2D eigenvalue weighted by Gasteiger charge is 2.69. The predicted octanol–water partition coefficient (Wildman–Crippen LogP) is 10.6. The van der Waals surface area contributed by atoms with Crippen molar-refractivity contribution in [1.82, 2.24) is 0 Å². The first-order chi connectivity index (χ1) is 27.8. The van der Waals surface area contributed by atoms with Gasteiger partial charge in [-0.15, -0.1) is 0 Å². The van der Waals surface area contributed by atoms with Crippen molar-refractivity contribution in [2.24, 2.45) is 56.7 Å². The van der Waals surface area contributed by atoms with E-state index in [1.54, 1.807) is 49.6 Å². The van der Waals surface area contributed by atoms with Gasteiger partial charge in [-0.1, -0.05) is 84.4 Å². The highest BCUT2D eigenvalue weighted by molar-refractivity contribution is 6.10. The largest absolute Gasteiger partial charge is 0.504 e. The lowest BCUT2D eigenvalue weighted by molar-refractivity contribution is -0.206. The number of aliphatic hydroxyl groups excluding tert-OH is 1. The number of allylic oxidation sites excluding steroid dienone is 4. The summed E-state index contributed by atoms with van der Waals surface area (Å²) in [7, 11) is 2.99. The monoisotopic (exact) mass is 806 g/mol. The van der Waals surface area contributed by atoms with Gasteiger partial charge in [0.15, 0.2) is 34.6 Å². The fourth-order valence-electron chi connectivity index (χ4n) is 13.4. The van der Waals surface area contributed by atoms with Crippen LogP contribution in [0.15, 0.2) is 60.2 Å². The Bertz CT molecular complexity index is 2080. The number of carbonyl (C=O) groups excluding carboxylic acids is 3. The summed E-state index contributed by atoms with van der Waals surface area (Å²) in [6.07, 6.45) is 16.7. The van der Waals surface area contributed by atoms with Crippen LogP contribution < -0.4 is 14.2 Å². The van der Waals surface area contributed by atoms with Gasteiger partial charge < -0.3 is 24.4 Å². The van der Waals surface area contributed by atoms with Gasteiger partial charge in [-0.3, -0.25) is 14.4 Å². The van der Waals surface area contributed by atoms with Gasteiger partial charge in [-0.2, -0.15) is 0 Å². The number of aromatic hydroxyl groups is 1. The lowest BCUT2D eigenvalue weighted by Crippen LogP contribution is -2.65. The number of methoxy groups -OCH3 is 2. The van der Waals surface area contributed by atoms with E-state index in [1.807, 2.05) is 0 Å². The first-order valence-electron chi connectivity index (χ1n) is 21.9. The van der Waals surface area contributed by atoms with E-state index in [4.69, 9.17) is 14.2 Å². The molecule has 2 aromatic rings. The van der Waals surface area contributed by atoms with Crippen LogP contribution in [-0.2, 0) is 14.4 Å². The molecule has 7 rings (SSSR count). The zero-order valence-electron chi connectivity index (χ0n) is 36.7. The lowest BCUT2D eigenvalue weighted by Gasteiger charge is -2.71. The second-order valence-corrected chi connectivity index (χ2v) is 20.2. The number of hydrogen-bond donors (Lipinski definition) is 2. The Morgan fingerprint density at radius 1 is 0.763 bits per heavy atom. The second kappa shape index (κ2) is 15.7. The van der Waals surface area contributed by atoms with Gasteiger partial charge in [-0.25, -0.2) is 0 Å². The molecule has 2 aromatic carbocycles. The molecule has 5 aliphatic rings. The van der Waals surface area contributed by atoms with E-state index in [9.17, 15) is 24.6 Å². The fraction of sp³-hybridized carbons (Fsp3) is 0.588. The van der Waals surface area contributed by atoms with Gasteiger partial charge in [0, 0.05) is 0 Å². The zero-order valence-corrected chi connectivity index (χ0v) is 36.7. The highest BCUT2D eigenvalue weighted by atomic mass is 16.6. The maximum Gasteiger partial charge on any atom is 0.318 e. The minimum Gasteiger partial charge on any atom is -0.504 e. The van der Waals surface area contributed by atoms with Crippen LogP contribution >= 0.6 is 0 Å². The molecule has 8 heteroatoms. The Balaban J connectivity index is 1.09. The summed E-state index contributed by atoms with van der Waals surface area (Å²) in [5, 5.41) is 20.9. The van der Waals surface area contributed by atoms with Gasteiger partial charge in [0.1, 0.15) is 0 Å². The molecule has 4 saturated carbocycles. The first kappa shape index (κ1) is 42.9. The summed E-state index contributed by atoms with van der Waals surface area (Å²) in [5.41, 5.74) is 2.30. The summed E-state index contributed by atoms with van der Waals surface area (Å²) >= 11 is 0. The summed E-state index contributed by atoms with van der Waals surface area (Å²) in [4.78, 5) is 40.2. The lowest BCUT2D eigenvalue weighted by atomic mass is 9.33. The van der Waals surface area contributed by atoms with Crippen LogP contribution in [-0.4, -0.2) is 48.1 Å². The molecule has 5 aliphatic carbocycles. The topological polar surface area (TPSA) is 119 Å². The van der Waals surface area contributed by atoms with Crippen LogP contribution in [0.5, 0.6) is 23.0 Å². The van der Waals surface area contributed by atoms with Crippen LogP contribution in [0.4, 0.5) is 0 Å². The van der Waals surface area contributed by atoms with Crippen molar-refractivity contribution in [2.75, 3.05) is 14.2 Å². The number of rotatable bonds is 10. The molecule has 318 valence electrons. The Morgan fingerprint density at radius 3 is 2.07 bits per heavy atom. The second-order valence-electron chi connectivity index (χ2n) is 20.2. The van der Waals surface area contributed by atoms with Crippen molar-refractivity contribution in [2.45, 2.75) is 119 Å². The van der Waals surface area contributed by atoms with E-state index in [-0.39, 0.29) is 63.4 Å². The number of ketones is 2. The van der Waals surface area contributed by atoms with Crippen molar-refractivity contribution < 1.29 is 38.8 Å². The van der Waals surface area contributed by atoms with E-state index >= 15 is 0 Å². The molecule has 4 fully saturated rings. The molecule has 0 heterocycles. The van der Waals surface area contributed by atoms with E-state index in [0.29, 0.717) is 52.0 Å².